The van der Waals surface area contributed by atoms with E-state index in [0.29, 0.717) is 17.9 Å². The molecule has 0 bridgehead atoms. The molecule has 1 unspecified atom stereocenters. The molecule has 3 rings (SSSR count). The fraction of sp³-hybridized carbons (Fsp3) is 0.294. The van der Waals surface area contributed by atoms with E-state index in [1.165, 1.54) is 0 Å². The Morgan fingerprint density at radius 2 is 2.17 bits per heavy atom. The molecule has 3 aromatic rings. The lowest BCUT2D eigenvalue weighted by atomic mass is 10.2. The zero-order valence-corrected chi connectivity index (χ0v) is 14.0. The van der Waals surface area contributed by atoms with Gasteiger partial charge < -0.3 is 9.88 Å². The summed E-state index contributed by atoms with van der Waals surface area (Å²) in [5, 5.41) is 7.35. The smallest absolute Gasteiger partial charge is 0.253 e. The molecular formula is C17H20N6O. The van der Waals surface area contributed by atoms with Gasteiger partial charge in [0.1, 0.15) is 0 Å². The number of carbonyl (C=O) groups is 1. The van der Waals surface area contributed by atoms with Crippen molar-refractivity contribution in [2.45, 2.75) is 33.4 Å². The average Bonchev–Trinajstić information content (AvgIpc) is 3.16. The number of hydrogen-bond donors (Lipinski definition) is 1. The number of imidazole rings is 1. The van der Waals surface area contributed by atoms with Crippen LogP contribution in [0.2, 0.25) is 0 Å². The molecule has 24 heavy (non-hydrogen) atoms. The van der Waals surface area contributed by atoms with Crippen molar-refractivity contribution in [3.63, 3.8) is 0 Å². The van der Waals surface area contributed by atoms with Crippen LogP contribution in [-0.4, -0.2) is 36.3 Å². The molecular weight excluding hydrogens is 304 g/mol. The van der Waals surface area contributed by atoms with Crippen LogP contribution in [0.5, 0.6) is 0 Å². The minimum absolute atomic E-state index is 0.0117. The number of hydrogen-bond acceptors (Lipinski definition) is 4. The number of aryl methyl sites for hydroxylation is 2. The van der Waals surface area contributed by atoms with Crippen LogP contribution in [0.25, 0.3) is 5.82 Å². The van der Waals surface area contributed by atoms with Crippen LogP contribution < -0.4 is 5.32 Å². The van der Waals surface area contributed by atoms with Gasteiger partial charge in [-0.2, -0.15) is 5.10 Å². The van der Waals surface area contributed by atoms with E-state index in [-0.39, 0.29) is 11.9 Å². The molecule has 0 aromatic carbocycles. The summed E-state index contributed by atoms with van der Waals surface area (Å²) in [4.78, 5) is 20.6. The predicted molar refractivity (Wildman–Crippen MR) is 90.0 cm³/mol. The highest BCUT2D eigenvalue weighted by Gasteiger charge is 2.12. The van der Waals surface area contributed by atoms with Gasteiger partial charge in [-0.25, -0.2) is 14.6 Å². The molecule has 0 saturated carbocycles. The normalized spacial score (nSPS) is 12.1. The molecule has 1 amide bonds. The number of aromatic nitrogens is 5. The number of nitrogens with zero attached hydrogens (tertiary/aromatic N) is 5. The van der Waals surface area contributed by atoms with Crippen molar-refractivity contribution in [1.29, 1.82) is 0 Å². The molecule has 1 N–H and O–H groups in total. The van der Waals surface area contributed by atoms with Gasteiger partial charge in [-0.15, -0.1) is 0 Å². The van der Waals surface area contributed by atoms with Gasteiger partial charge in [0.15, 0.2) is 5.82 Å². The van der Waals surface area contributed by atoms with Crippen molar-refractivity contribution < 1.29 is 4.79 Å². The van der Waals surface area contributed by atoms with E-state index in [0.717, 1.165) is 11.4 Å². The highest BCUT2D eigenvalue weighted by atomic mass is 16.1. The second-order valence-corrected chi connectivity index (χ2v) is 5.88. The zero-order chi connectivity index (χ0) is 17.1. The quantitative estimate of drug-likeness (QED) is 0.777. The summed E-state index contributed by atoms with van der Waals surface area (Å²) >= 11 is 0. The van der Waals surface area contributed by atoms with Crippen LogP contribution in [0, 0.1) is 13.8 Å². The first-order valence-corrected chi connectivity index (χ1v) is 7.79. The van der Waals surface area contributed by atoms with Crippen molar-refractivity contribution in [3.05, 3.63) is 60.1 Å². The zero-order valence-electron chi connectivity index (χ0n) is 14.0. The third kappa shape index (κ3) is 3.51. The predicted octanol–water partition coefficient (Wildman–Crippen LogP) is 1.90. The maximum Gasteiger partial charge on any atom is 0.253 e. The highest BCUT2D eigenvalue weighted by Crippen LogP contribution is 2.10. The molecule has 7 nitrogen and oxygen atoms in total. The average molecular weight is 324 g/mol. The van der Waals surface area contributed by atoms with Crippen LogP contribution >= 0.6 is 0 Å². The maximum absolute atomic E-state index is 12.3. The Labute approximate surface area is 140 Å². The molecule has 0 aliphatic carbocycles. The molecule has 0 radical (unpaired) electrons. The highest BCUT2D eigenvalue weighted by molar-refractivity contribution is 5.94. The summed E-state index contributed by atoms with van der Waals surface area (Å²) in [6.07, 6.45) is 6.89. The summed E-state index contributed by atoms with van der Waals surface area (Å²) in [5.74, 6) is 0.554. The molecule has 0 saturated heterocycles. The Kier molecular flexibility index (Phi) is 4.41. The molecule has 0 spiro atoms. The molecule has 7 heteroatoms. The van der Waals surface area contributed by atoms with E-state index in [4.69, 9.17) is 0 Å². The molecule has 0 aliphatic rings. The summed E-state index contributed by atoms with van der Waals surface area (Å²) in [5.41, 5.74) is 2.47. The van der Waals surface area contributed by atoms with Gasteiger partial charge in [-0.05, 0) is 39.0 Å². The first-order chi connectivity index (χ1) is 11.5. The largest absolute Gasteiger partial charge is 0.348 e. The Morgan fingerprint density at radius 3 is 2.75 bits per heavy atom. The molecule has 3 heterocycles. The first-order valence-electron chi connectivity index (χ1n) is 7.79. The van der Waals surface area contributed by atoms with Gasteiger partial charge in [-0.3, -0.25) is 4.79 Å². The van der Waals surface area contributed by atoms with Crippen LogP contribution in [0.1, 0.15) is 28.7 Å². The Bertz CT molecular complexity index is 819. The van der Waals surface area contributed by atoms with Gasteiger partial charge in [-0.1, -0.05) is 0 Å². The van der Waals surface area contributed by atoms with E-state index >= 15 is 0 Å². The topological polar surface area (TPSA) is 77.6 Å². The Hall–Kier alpha value is -2.96. The summed E-state index contributed by atoms with van der Waals surface area (Å²) < 4.78 is 3.69. The SMILES string of the molecule is Cc1cc(C)n(-c2ccc(C(=O)NC(C)Cn3ccnc3)cn2)n1. The summed E-state index contributed by atoms with van der Waals surface area (Å²) in [6.45, 7) is 6.53. The number of rotatable bonds is 5. The van der Waals surface area contributed by atoms with Crippen LogP contribution in [0.3, 0.4) is 0 Å². The van der Waals surface area contributed by atoms with E-state index in [9.17, 15) is 4.79 Å². The lowest BCUT2D eigenvalue weighted by Gasteiger charge is -2.14. The molecule has 124 valence electrons. The van der Waals surface area contributed by atoms with Crippen molar-refractivity contribution >= 4 is 5.91 Å². The summed E-state index contributed by atoms with van der Waals surface area (Å²) in [6, 6.07) is 5.54. The van der Waals surface area contributed by atoms with Crippen LogP contribution in [-0.2, 0) is 6.54 Å². The van der Waals surface area contributed by atoms with Gasteiger partial charge in [0.25, 0.3) is 5.91 Å². The Balaban J connectivity index is 1.66. The Morgan fingerprint density at radius 1 is 1.33 bits per heavy atom. The number of amides is 1. The second-order valence-electron chi connectivity index (χ2n) is 5.88. The molecule has 0 aliphatic heterocycles. The first kappa shape index (κ1) is 15.9. The second kappa shape index (κ2) is 6.66. The van der Waals surface area contributed by atoms with E-state index in [2.05, 4.69) is 20.4 Å². The number of carbonyl (C=O) groups excluding carboxylic acids is 1. The molecule has 1 atom stereocenters. The fourth-order valence-electron chi connectivity index (χ4n) is 2.57. The van der Waals surface area contributed by atoms with Gasteiger partial charge in [0.05, 0.1) is 17.6 Å². The third-order valence-corrected chi connectivity index (χ3v) is 3.66. The fourth-order valence-corrected chi connectivity index (χ4v) is 2.57. The lowest BCUT2D eigenvalue weighted by Crippen LogP contribution is -2.35. The maximum atomic E-state index is 12.3. The number of pyridine rings is 1. The molecule has 3 aromatic heterocycles. The van der Waals surface area contributed by atoms with Gasteiger partial charge >= 0.3 is 0 Å². The third-order valence-electron chi connectivity index (χ3n) is 3.66. The van der Waals surface area contributed by atoms with Crippen molar-refractivity contribution in [3.8, 4) is 5.82 Å². The van der Waals surface area contributed by atoms with Crippen LogP contribution in [0.15, 0.2) is 43.1 Å². The van der Waals surface area contributed by atoms with Crippen molar-refractivity contribution in [2.75, 3.05) is 0 Å². The minimum atomic E-state index is -0.143. The molecule has 0 fully saturated rings. The summed E-state index contributed by atoms with van der Waals surface area (Å²) in [7, 11) is 0. The van der Waals surface area contributed by atoms with Crippen molar-refractivity contribution in [2.24, 2.45) is 0 Å². The van der Waals surface area contributed by atoms with E-state index < -0.39 is 0 Å². The van der Waals surface area contributed by atoms with E-state index in [1.54, 1.807) is 35.5 Å². The standard InChI is InChI=1S/C17H20N6O/c1-12-8-14(3)23(21-12)16-5-4-15(9-19-16)17(24)20-13(2)10-22-7-6-18-11-22/h4-9,11,13H,10H2,1-3H3,(H,20,24). The van der Waals surface area contributed by atoms with Gasteiger partial charge in [0, 0.05) is 36.9 Å². The lowest BCUT2D eigenvalue weighted by molar-refractivity contribution is 0.0936. The van der Waals surface area contributed by atoms with Crippen molar-refractivity contribution in [1.82, 2.24) is 29.6 Å². The van der Waals surface area contributed by atoms with Crippen LogP contribution in [0.4, 0.5) is 0 Å². The van der Waals surface area contributed by atoms with Gasteiger partial charge in [0.2, 0.25) is 0 Å². The number of nitrogens with one attached hydrogen (secondary N) is 1. The minimum Gasteiger partial charge on any atom is -0.348 e. The van der Waals surface area contributed by atoms with E-state index in [1.807, 2.05) is 37.6 Å². The monoisotopic (exact) mass is 324 g/mol.